The quantitative estimate of drug-likeness (QED) is 0.851. The lowest BCUT2D eigenvalue weighted by molar-refractivity contribution is 0.0622. The van der Waals surface area contributed by atoms with E-state index in [4.69, 9.17) is 4.74 Å². The molecule has 1 unspecified atom stereocenters. The van der Waals surface area contributed by atoms with Crippen LogP contribution >= 0.6 is 0 Å². The summed E-state index contributed by atoms with van der Waals surface area (Å²) < 4.78 is 18.7. The van der Waals surface area contributed by atoms with Crippen LogP contribution in [0.4, 0.5) is 4.39 Å². The monoisotopic (exact) mass is 224 g/mol. The summed E-state index contributed by atoms with van der Waals surface area (Å²) in [6, 6.07) is 5.05. The van der Waals surface area contributed by atoms with Gasteiger partial charge < -0.3 is 9.84 Å². The van der Waals surface area contributed by atoms with E-state index in [0.29, 0.717) is 17.9 Å². The van der Waals surface area contributed by atoms with Crippen molar-refractivity contribution in [2.24, 2.45) is 5.92 Å². The first-order valence-electron chi connectivity index (χ1n) is 5.72. The minimum Gasteiger partial charge on any atom is -0.494 e. The number of halogens is 1. The highest BCUT2D eigenvalue weighted by molar-refractivity contribution is 5.31. The van der Waals surface area contributed by atoms with E-state index in [2.05, 4.69) is 0 Å². The Kier molecular flexibility index (Phi) is 3.44. The molecule has 0 amide bonds. The summed E-state index contributed by atoms with van der Waals surface area (Å²) >= 11 is 0. The third-order valence-electron chi connectivity index (χ3n) is 3.39. The van der Waals surface area contributed by atoms with Crippen LogP contribution in [0.15, 0.2) is 18.2 Å². The topological polar surface area (TPSA) is 29.5 Å². The minimum atomic E-state index is -0.421. The van der Waals surface area contributed by atoms with Crippen LogP contribution in [0.3, 0.4) is 0 Å². The van der Waals surface area contributed by atoms with Crippen LogP contribution in [0.1, 0.15) is 24.8 Å². The average Bonchev–Trinajstić information content (AvgIpc) is 2.18. The van der Waals surface area contributed by atoms with Crippen LogP contribution in [-0.2, 0) is 6.42 Å². The first-order chi connectivity index (χ1) is 7.72. The van der Waals surface area contributed by atoms with Crippen molar-refractivity contribution in [3.8, 4) is 5.75 Å². The minimum absolute atomic E-state index is 0.248. The second-order valence-corrected chi connectivity index (χ2v) is 4.40. The highest BCUT2D eigenvalue weighted by Crippen LogP contribution is 2.32. The Labute approximate surface area is 95.1 Å². The summed E-state index contributed by atoms with van der Waals surface area (Å²) in [5.74, 6) is 0.257. The second kappa shape index (κ2) is 4.83. The Balaban J connectivity index is 2.08. The van der Waals surface area contributed by atoms with E-state index in [1.54, 1.807) is 18.2 Å². The van der Waals surface area contributed by atoms with Gasteiger partial charge in [0.05, 0.1) is 13.2 Å². The number of aliphatic hydroxyl groups excluding tert-OH is 1. The molecule has 0 spiro atoms. The second-order valence-electron chi connectivity index (χ2n) is 4.40. The van der Waals surface area contributed by atoms with Crippen molar-refractivity contribution >= 4 is 0 Å². The van der Waals surface area contributed by atoms with Crippen LogP contribution in [0, 0.1) is 11.7 Å². The lowest BCUT2D eigenvalue weighted by atomic mass is 9.79. The van der Waals surface area contributed by atoms with Gasteiger partial charge in [0.2, 0.25) is 0 Å². The summed E-state index contributed by atoms with van der Waals surface area (Å²) in [7, 11) is 1.45. The molecule has 0 aliphatic heterocycles. The molecule has 1 fully saturated rings. The molecule has 1 N–H and O–H groups in total. The van der Waals surface area contributed by atoms with Gasteiger partial charge >= 0.3 is 0 Å². The molecule has 2 rings (SSSR count). The predicted molar refractivity (Wildman–Crippen MR) is 60.0 cm³/mol. The zero-order valence-corrected chi connectivity index (χ0v) is 9.45. The SMILES string of the molecule is COc1cccc(CC(O)C2CCC2)c1F. The van der Waals surface area contributed by atoms with Gasteiger partial charge in [-0.1, -0.05) is 18.6 Å². The molecule has 0 saturated heterocycles. The molecular weight excluding hydrogens is 207 g/mol. The van der Waals surface area contributed by atoms with E-state index in [9.17, 15) is 9.50 Å². The number of hydrogen-bond donors (Lipinski definition) is 1. The fraction of sp³-hybridized carbons (Fsp3) is 0.538. The van der Waals surface area contributed by atoms with Crippen molar-refractivity contribution in [3.63, 3.8) is 0 Å². The van der Waals surface area contributed by atoms with Crippen LogP contribution in [0.5, 0.6) is 5.75 Å². The molecule has 1 aromatic carbocycles. The molecule has 1 saturated carbocycles. The molecule has 3 heteroatoms. The van der Waals surface area contributed by atoms with Crippen LogP contribution in [0.2, 0.25) is 0 Å². The summed E-state index contributed by atoms with van der Waals surface area (Å²) in [4.78, 5) is 0. The molecule has 1 atom stereocenters. The third-order valence-corrected chi connectivity index (χ3v) is 3.39. The fourth-order valence-corrected chi connectivity index (χ4v) is 2.09. The molecule has 1 aliphatic rings. The summed E-state index contributed by atoms with van der Waals surface area (Å²) in [5.41, 5.74) is 0.541. The molecule has 0 bridgehead atoms. The lowest BCUT2D eigenvalue weighted by Crippen LogP contribution is -2.28. The van der Waals surface area contributed by atoms with Gasteiger partial charge in [-0.05, 0) is 30.4 Å². The Morgan fingerprint density at radius 1 is 1.50 bits per heavy atom. The number of methoxy groups -OCH3 is 1. The van der Waals surface area contributed by atoms with Crippen LogP contribution in [-0.4, -0.2) is 18.3 Å². The standard InChI is InChI=1S/C13H17FO2/c1-16-12-7-3-6-10(13(12)14)8-11(15)9-4-2-5-9/h3,6-7,9,11,15H,2,4-5,8H2,1H3. The van der Waals surface area contributed by atoms with E-state index >= 15 is 0 Å². The number of ether oxygens (including phenoxy) is 1. The van der Waals surface area contributed by atoms with Gasteiger partial charge in [0.15, 0.2) is 11.6 Å². The number of aliphatic hydroxyl groups is 1. The maximum atomic E-state index is 13.8. The molecular formula is C13H17FO2. The van der Waals surface area contributed by atoms with Gasteiger partial charge in [0.1, 0.15) is 0 Å². The zero-order valence-electron chi connectivity index (χ0n) is 9.45. The van der Waals surface area contributed by atoms with Crippen LogP contribution < -0.4 is 4.74 Å². The van der Waals surface area contributed by atoms with E-state index < -0.39 is 6.10 Å². The average molecular weight is 224 g/mol. The number of benzene rings is 1. The number of hydrogen-bond acceptors (Lipinski definition) is 2. The molecule has 1 aliphatic carbocycles. The Hall–Kier alpha value is -1.09. The van der Waals surface area contributed by atoms with Crippen LogP contribution in [0.25, 0.3) is 0 Å². The molecule has 1 aromatic rings. The summed E-state index contributed by atoms with van der Waals surface area (Å²) in [6.07, 6.45) is 3.27. The third kappa shape index (κ3) is 2.19. The first kappa shape index (κ1) is 11.4. The molecule has 2 nitrogen and oxygen atoms in total. The zero-order chi connectivity index (χ0) is 11.5. The number of rotatable bonds is 4. The highest BCUT2D eigenvalue weighted by atomic mass is 19.1. The maximum absolute atomic E-state index is 13.8. The smallest absolute Gasteiger partial charge is 0.168 e. The van der Waals surface area contributed by atoms with E-state index in [0.717, 1.165) is 12.8 Å². The van der Waals surface area contributed by atoms with Crippen molar-refractivity contribution < 1.29 is 14.2 Å². The van der Waals surface area contributed by atoms with Gasteiger partial charge in [-0.2, -0.15) is 0 Å². The Morgan fingerprint density at radius 2 is 2.25 bits per heavy atom. The first-order valence-corrected chi connectivity index (χ1v) is 5.72. The van der Waals surface area contributed by atoms with Crippen molar-refractivity contribution in [1.29, 1.82) is 0 Å². The fourth-order valence-electron chi connectivity index (χ4n) is 2.09. The largest absolute Gasteiger partial charge is 0.494 e. The normalized spacial score (nSPS) is 17.9. The van der Waals surface area contributed by atoms with E-state index in [-0.39, 0.29) is 11.6 Å². The molecule has 88 valence electrons. The highest BCUT2D eigenvalue weighted by Gasteiger charge is 2.26. The van der Waals surface area contributed by atoms with Crippen molar-refractivity contribution in [3.05, 3.63) is 29.6 Å². The summed E-state index contributed by atoms with van der Waals surface area (Å²) in [6.45, 7) is 0. The van der Waals surface area contributed by atoms with E-state index in [1.165, 1.54) is 13.5 Å². The van der Waals surface area contributed by atoms with Gasteiger partial charge in [-0.15, -0.1) is 0 Å². The van der Waals surface area contributed by atoms with Gasteiger partial charge in [-0.3, -0.25) is 0 Å². The Morgan fingerprint density at radius 3 is 2.81 bits per heavy atom. The molecule has 0 radical (unpaired) electrons. The van der Waals surface area contributed by atoms with Crippen molar-refractivity contribution in [1.82, 2.24) is 0 Å². The van der Waals surface area contributed by atoms with E-state index in [1.807, 2.05) is 0 Å². The predicted octanol–water partition coefficient (Wildman–Crippen LogP) is 2.54. The lowest BCUT2D eigenvalue weighted by Gasteiger charge is -2.30. The van der Waals surface area contributed by atoms with Crippen molar-refractivity contribution in [2.75, 3.05) is 7.11 Å². The Bertz CT molecular complexity index is 361. The maximum Gasteiger partial charge on any atom is 0.168 e. The van der Waals surface area contributed by atoms with Gasteiger partial charge in [-0.25, -0.2) is 4.39 Å². The molecule has 0 heterocycles. The molecule has 0 aromatic heterocycles. The van der Waals surface area contributed by atoms with Gasteiger partial charge in [0.25, 0.3) is 0 Å². The van der Waals surface area contributed by atoms with Gasteiger partial charge in [0, 0.05) is 6.42 Å². The van der Waals surface area contributed by atoms with Crippen molar-refractivity contribution in [2.45, 2.75) is 31.8 Å². The molecule has 16 heavy (non-hydrogen) atoms. The summed E-state index contributed by atoms with van der Waals surface area (Å²) in [5, 5.41) is 9.90.